The van der Waals surface area contributed by atoms with Gasteiger partial charge < -0.3 is 29.0 Å². The van der Waals surface area contributed by atoms with Crippen molar-refractivity contribution >= 4 is 17.4 Å². The first-order valence-corrected chi connectivity index (χ1v) is 14.0. The summed E-state index contributed by atoms with van der Waals surface area (Å²) >= 11 is 0. The summed E-state index contributed by atoms with van der Waals surface area (Å²) in [7, 11) is 1.56. The summed E-state index contributed by atoms with van der Waals surface area (Å²) in [6, 6.07) is 19.3. The van der Waals surface area contributed by atoms with Gasteiger partial charge in [-0.25, -0.2) is 0 Å². The van der Waals surface area contributed by atoms with Crippen LogP contribution in [0, 0.1) is 0 Å². The lowest BCUT2D eigenvalue weighted by molar-refractivity contribution is -0.139. The largest absolute Gasteiger partial charge is 0.507 e. The standard InChI is InChI=1S/C33H35NO7/c1-3-4-8-17-39-25-13-11-23(20-27(25)38-2)30-29(31(35)24-12-14-26-28(21-24)41-19-18-40-26)32(36)33(37)34(30)16-15-22-9-6-5-7-10-22/h5-7,9-14,20-21,30,35H,3-4,8,15-19H2,1-2H3/b31-29-. The number of rotatable bonds is 11. The van der Waals surface area contributed by atoms with Crippen LogP contribution in [0.15, 0.2) is 72.3 Å². The van der Waals surface area contributed by atoms with E-state index < -0.39 is 17.7 Å². The Morgan fingerprint density at radius 1 is 0.951 bits per heavy atom. The second-order valence-electron chi connectivity index (χ2n) is 10.1. The van der Waals surface area contributed by atoms with Crippen molar-refractivity contribution in [2.24, 2.45) is 0 Å². The summed E-state index contributed by atoms with van der Waals surface area (Å²) in [4.78, 5) is 28.5. The molecule has 8 heteroatoms. The smallest absolute Gasteiger partial charge is 0.295 e. The number of aliphatic hydroxyl groups is 1. The molecule has 0 saturated carbocycles. The van der Waals surface area contributed by atoms with E-state index >= 15 is 0 Å². The molecule has 2 aliphatic heterocycles. The van der Waals surface area contributed by atoms with Crippen LogP contribution in [0.3, 0.4) is 0 Å². The van der Waals surface area contributed by atoms with Crippen LogP contribution in [0.25, 0.3) is 5.76 Å². The molecule has 5 rings (SSSR count). The van der Waals surface area contributed by atoms with Gasteiger partial charge in [-0.2, -0.15) is 0 Å². The van der Waals surface area contributed by atoms with E-state index in [4.69, 9.17) is 18.9 Å². The molecule has 1 fully saturated rings. The lowest BCUT2D eigenvalue weighted by Gasteiger charge is -2.26. The van der Waals surface area contributed by atoms with E-state index in [9.17, 15) is 14.7 Å². The molecule has 3 aromatic rings. The number of likely N-dealkylation sites (tertiary alicyclic amines) is 1. The molecule has 214 valence electrons. The number of Topliss-reactive ketones (excluding diaryl/α,β-unsaturated/α-hetero) is 1. The Bertz CT molecular complexity index is 1430. The molecule has 0 spiro atoms. The van der Waals surface area contributed by atoms with Crippen LogP contribution in [-0.4, -0.2) is 55.2 Å². The van der Waals surface area contributed by atoms with Gasteiger partial charge in [0.05, 0.1) is 25.3 Å². The van der Waals surface area contributed by atoms with Gasteiger partial charge in [0.2, 0.25) is 0 Å². The van der Waals surface area contributed by atoms with E-state index in [1.54, 1.807) is 37.4 Å². The van der Waals surface area contributed by atoms with E-state index in [0.717, 1.165) is 24.8 Å². The predicted molar refractivity (Wildman–Crippen MR) is 155 cm³/mol. The summed E-state index contributed by atoms with van der Waals surface area (Å²) in [5.74, 6) is 0.435. The molecule has 8 nitrogen and oxygen atoms in total. The number of nitrogens with zero attached hydrogens (tertiary/aromatic N) is 1. The quantitative estimate of drug-likeness (QED) is 0.140. The monoisotopic (exact) mass is 557 g/mol. The average Bonchev–Trinajstić information content (AvgIpc) is 3.27. The third kappa shape index (κ3) is 6.01. The van der Waals surface area contributed by atoms with Crippen molar-refractivity contribution in [3.63, 3.8) is 0 Å². The minimum absolute atomic E-state index is 0.0124. The number of ketones is 1. The highest BCUT2D eigenvalue weighted by Crippen LogP contribution is 2.43. The number of carbonyl (C=O) groups excluding carboxylic acids is 2. The number of carbonyl (C=O) groups is 2. The van der Waals surface area contributed by atoms with Gasteiger partial charge in [-0.05, 0) is 54.3 Å². The van der Waals surface area contributed by atoms with Crippen molar-refractivity contribution in [1.29, 1.82) is 0 Å². The maximum absolute atomic E-state index is 13.5. The topological polar surface area (TPSA) is 94.5 Å². The van der Waals surface area contributed by atoms with Crippen LogP contribution in [0.5, 0.6) is 23.0 Å². The van der Waals surface area contributed by atoms with Crippen molar-refractivity contribution in [2.75, 3.05) is 33.5 Å². The number of methoxy groups -OCH3 is 1. The van der Waals surface area contributed by atoms with Gasteiger partial charge in [-0.1, -0.05) is 56.2 Å². The second-order valence-corrected chi connectivity index (χ2v) is 10.1. The van der Waals surface area contributed by atoms with Crippen molar-refractivity contribution in [2.45, 2.75) is 38.6 Å². The highest BCUT2D eigenvalue weighted by atomic mass is 16.6. The molecular formula is C33H35NO7. The van der Waals surface area contributed by atoms with Gasteiger partial charge in [0.15, 0.2) is 23.0 Å². The summed E-state index contributed by atoms with van der Waals surface area (Å²) in [6.45, 7) is 3.80. The Hall–Kier alpha value is -4.46. The van der Waals surface area contributed by atoms with Gasteiger partial charge in [0, 0.05) is 12.1 Å². The summed E-state index contributed by atoms with van der Waals surface area (Å²) in [6.07, 6.45) is 3.63. The van der Waals surface area contributed by atoms with Crippen molar-refractivity contribution in [1.82, 2.24) is 4.90 Å². The van der Waals surface area contributed by atoms with Crippen LogP contribution in [0.2, 0.25) is 0 Å². The summed E-state index contributed by atoms with van der Waals surface area (Å²) in [5, 5.41) is 11.5. The fourth-order valence-corrected chi connectivity index (χ4v) is 5.21. The first-order valence-electron chi connectivity index (χ1n) is 14.0. The number of aliphatic hydroxyl groups excluding tert-OH is 1. The lowest BCUT2D eigenvalue weighted by Crippen LogP contribution is -2.31. The van der Waals surface area contributed by atoms with Crippen molar-refractivity contribution in [3.05, 3.63) is 89.0 Å². The van der Waals surface area contributed by atoms with Crippen molar-refractivity contribution in [3.8, 4) is 23.0 Å². The molecule has 0 aromatic heterocycles. The minimum Gasteiger partial charge on any atom is -0.507 e. The lowest BCUT2D eigenvalue weighted by atomic mass is 9.94. The molecule has 1 saturated heterocycles. The molecule has 41 heavy (non-hydrogen) atoms. The molecule has 0 bridgehead atoms. The number of fused-ring (bicyclic) bond motifs is 1. The van der Waals surface area contributed by atoms with Crippen LogP contribution in [0.4, 0.5) is 0 Å². The third-order valence-corrected chi connectivity index (χ3v) is 7.35. The van der Waals surface area contributed by atoms with E-state index in [1.165, 1.54) is 4.90 Å². The molecule has 2 heterocycles. The van der Waals surface area contributed by atoms with Crippen LogP contribution < -0.4 is 18.9 Å². The van der Waals surface area contributed by atoms with Gasteiger partial charge in [-0.15, -0.1) is 0 Å². The molecule has 1 amide bonds. The van der Waals surface area contributed by atoms with E-state index in [1.807, 2.05) is 36.4 Å². The molecule has 1 unspecified atom stereocenters. The average molecular weight is 558 g/mol. The number of hydrogen-bond acceptors (Lipinski definition) is 7. The van der Waals surface area contributed by atoms with Gasteiger partial charge in [-0.3, -0.25) is 9.59 Å². The zero-order valence-corrected chi connectivity index (χ0v) is 23.4. The zero-order chi connectivity index (χ0) is 28.8. The first-order chi connectivity index (χ1) is 20.0. The maximum Gasteiger partial charge on any atom is 0.295 e. The molecule has 0 radical (unpaired) electrons. The first kappa shape index (κ1) is 28.1. The molecule has 3 aromatic carbocycles. The number of amides is 1. The number of ether oxygens (including phenoxy) is 4. The Morgan fingerprint density at radius 2 is 1.73 bits per heavy atom. The second kappa shape index (κ2) is 12.8. The van der Waals surface area contributed by atoms with Gasteiger partial charge >= 0.3 is 0 Å². The van der Waals surface area contributed by atoms with Gasteiger partial charge in [0.1, 0.15) is 19.0 Å². The minimum atomic E-state index is -0.824. The SMILES string of the molecule is CCCCCOc1ccc(C2/C(=C(/O)c3ccc4c(c3)OCCO4)C(=O)C(=O)N2CCc2ccccc2)cc1OC. The van der Waals surface area contributed by atoms with E-state index in [-0.39, 0.29) is 17.9 Å². The number of hydrogen-bond donors (Lipinski definition) is 1. The molecule has 1 atom stereocenters. The molecule has 1 N–H and O–H groups in total. The van der Waals surface area contributed by atoms with Crippen LogP contribution in [0.1, 0.15) is 48.9 Å². The summed E-state index contributed by atoms with van der Waals surface area (Å²) < 4.78 is 22.9. The van der Waals surface area contributed by atoms with E-state index in [0.29, 0.717) is 60.4 Å². The Morgan fingerprint density at radius 3 is 2.49 bits per heavy atom. The Labute approximate surface area is 240 Å². The normalized spacial score (nSPS) is 17.5. The number of benzene rings is 3. The molecule has 0 aliphatic carbocycles. The van der Waals surface area contributed by atoms with Crippen molar-refractivity contribution < 1.29 is 33.6 Å². The fraction of sp³-hybridized carbons (Fsp3) is 0.333. The highest BCUT2D eigenvalue weighted by Gasteiger charge is 2.46. The Kier molecular flexibility index (Phi) is 8.77. The van der Waals surface area contributed by atoms with Crippen LogP contribution in [-0.2, 0) is 16.0 Å². The number of unbranched alkanes of at least 4 members (excludes halogenated alkanes) is 2. The zero-order valence-electron chi connectivity index (χ0n) is 23.4. The third-order valence-electron chi connectivity index (χ3n) is 7.35. The summed E-state index contributed by atoms with van der Waals surface area (Å²) in [5.41, 5.74) is 2.05. The molecular weight excluding hydrogens is 522 g/mol. The predicted octanol–water partition coefficient (Wildman–Crippen LogP) is 5.70. The molecule has 2 aliphatic rings. The Balaban J connectivity index is 1.54. The van der Waals surface area contributed by atoms with E-state index in [2.05, 4.69) is 6.92 Å². The van der Waals surface area contributed by atoms with Gasteiger partial charge in [0.25, 0.3) is 11.7 Å². The fourth-order valence-electron chi connectivity index (χ4n) is 5.21. The van der Waals surface area contributed by atoms with Crippen LogP contribution >= 0.6 is 0 Å². The maximum atomic E-state index is 13.5. The highest BCUT2D eigenvalue weighted by molar-refractivity contribution is 6.46.